The summed E-state index contributed by atoms with van der Waals surface area (Å²) in [6, 6.07) is -2.72. The van der Waals surface area contributed by atoms with Crippen molar-refractivity contribution in [1.29, 1.82) is 0 Å². The minimum absolute atomic E-state index is 0.0893. The highest BCUT2D eigenvalue weighted by atomic mass is 16.4. The molecule has 1 rings (SSSR count). The Morgan fingerprint density at radius 3 is 2.45 bits per heavy atom. The first kappa shape index (κ1) is 26.1. The first-order valence-electron chi connectivity index (χ1n) is 10.5. The van der Waals surface area contributed by atoms with Gasteiger partial charge in [0.05, 0.1) is 6.54 Å². The van der Waals surface area contributed by atoms with E-state index in [1.807, 2.05) is 13.8 Å². The van der Waals surface area contributed by atoms with Crippen LogP contribution in [-0.2, 0) is 19.2 Å². The highest BCUT2D eigenvalue weighted by Gasteiger charge is 2.39. The van der Waals surface area contributed by atoms with E-state index in [0.29, 0.717) is 32.2 Å². The maximum absolute atomic E-state index is 13.1. The SMILES string of the molecule is CCC(C)C(NC(=O)CN)C(=O)N1CCCC1C(=O)NC(CCCN=C(N)N)C(=O)O. The second-order valence-electron chi connectivity index (χ2n) is 7.67. The minimum Gasteiger partial charge on any atom is -0.480 e. The Kier molecular flexibility index (Phi) is 10.7. The van der Waals surface area contributed by atoms with E-state index in [-0.39, 0.29) is 37.3 Å². The summed E-state index contributed by atoms with van der Waals surface area (Å²) in [4.78, 5) is 54.5. The molecule has 0 spiro atoms. The molecule has 0 aromatic heterocycles. The number of nitrogens with one attached hydrogen (secondary N) is 2. The van der Waals surface area contributed by atoms with Crippen molar-refractivity contribution in [3.8, 4) is 0 Å². The van der Waals surface area contributed by atoms with Crippen LogP contribution < -0.4 is 27.8 Å². The Labute approximate surface area is 182 Å². The summed E-state index contributed by atoms with van der Waals surface area (Å²) >= 11 is 0. The van der Waals surface area contributed by atoms with Crippen LogP contribution in [0.5, 0.6) is 0 Å². The Morgan fingerprint density at radius 1 is 1.23 bits per heavy atom. The fourth-order valence-corrected chi connectivity index (χ4v) is 3.43. The number of hydrogen-bond donors (Lipinski definition) is 6. The molecule has 0 radical (unpaired) electrons. The Bertz CT molecular complexity index is 681. The number of likely N-dealkylation sites (tertiary alicyclic amines) is 1. The van der Waals surface area contributed by atoms with Gasteiger partial charge in [0.2, 0.25) is 17.7 Å². The molecule has 4 atom stereocenters. The number of carbonyl (C=O) groups excluding carboxylic acids is 3. The van der Waals surface area contributed by atoms with E-state index < -0.39 is 35.9 Å². The van der Waals surface area contributed by atoms with Gasteiger partial charge in [-0.1, -0.05) is 20.3 Å². The predicted molar refractivity (Wildman–Crippen MR) is 115 cm³/mol. The van der Waals surface area contributed by atoms with Crippen molar-refractivity contribution in [3.63, 3.8) is 0 Å². The lowest BCUT2D eigenvalue weighted by Gasteiger charge is -2.31. The molecule has 4 unspecified atom stereocenters. The van der Waals surface area contributed by atoms with Crippen LogP contribution in [0, 0.1) is 5.92 Å². The van der Waals surface area contributed by atoms with Crippen LogP contribution in [0.2, 0.25) is 0 Å². The number of nitrogens with two attached hydrogens (primary N) is 3. The summed E-state index contributed by atoms with van der Waals surface area (Å²) in [5.74, 6) is -2.78. The van der Waals surface area contributed by atoms with Crippen molar-refractivity contribution in [2.24, 2.45) is 28.1 Å². The number of carbonyl (C=O) groups is 4. The Hall–Kier alpha value is -2.89. The fourth-order valence-electron chi connectivity index (χ4n) is 3.43. The van der Waals surface area contributed by atoms with E-state index in [1.54, 1.807) is 0 Å². The van der Waals surface area contributed by atoms with Crippen molar-refractivity contribution in [2.45, 2.75) is 64.1 Å². The number of nitrogens with zero attached hydrogens (tertiary/aromatic N) is 2. The summed E-state index contributed by atoms with van der Waals surface area (Å²) in [5, 5.41) is 14.6. The molecule has 1 aliphatic rings. The largest absolute Gasteiger partial charge is 0.480 e. The molecule has 31 heavy (non-hydrogen) atoms. The topological polar surface area (TPSA) is 206 Å². The molecule has 176 valence electrons. The summed E-state index contributed by atoms with van der Waals surface area (Å²) in [6.07, 6.45) is 2.16. The molecule has 0 aliphatic carbocycles. The van der Waals surface area contributed by atoms with Crippen LogP contribution in [0.15, 0.2) is 4.99 Å². The summed E-state index contributed by atoms with van der Waals surface area (Å²) in [7, 11) is 0. The van der Waals surface area contributed by atoms with Gasteiger partial charge in [-0.25, -0.2) is 4.79 Å². The molecule has 0 aromatic rings. The number of aliphatic imine (C=N–C) groups is 1. The van der Waals surface area contributed by atoms with E-state index in [0.717, 1.165) is 0 Å². The maximum Gasteiger partial charge on any atom is 0.326 e. The lowest BCUT2D eigenvalue weighted by Crippen LogP contribution is -2.57. The van der Waals surface area contributed by atoms with E-state index in [1.165, 1.54) is 4.90 Å². The molecule has 12 heteroatoms. The second-order valence-corrected chi connectivity index (χ2v) is 7.67. The number of rotatable bonds is 12. The predicted octanol–water partition coefficient (Wildman–Crippen LogP) is -1.91. The zero-order valence-electron chi connectivity index (χ0n) is 18.2. The van der Waals surface area contributed by atoms with Gasteiger partial charge < -0.3 is 37.8 Å². The molecule has 1 aliphatic heterocycles. The van der Waals surface area contributed by atoms with E-state index in [2.05, 4.69) is 15.6 Å². The van der Waals surface area contributed by atoms with Gasteiger partial charge in [-0.2, -0.15) is 0 Å². The van der Waals surface area contributed by atoms with Gasteiger partial charge in [-0.3, -0.25) is 19.4 Å². The molecule has 12 nitrogen and oxygen atoms in total. The number of amides is 3. The number of aliphatic carboxylic acids is 1. The third-order valence-electron chi connectivity index (χ3n) is 5.38. The molecule has 3 amide bonds. The van der Waals surface area contributed by atoms with Gasteiger partial charge in [0.25, 0.3) is 0 Å². The molecule has 1 saturated heterocycles. The normalized spacial score (nSPS) is 18.5. The van der Waals surface area contributed by atoms with Crippen LogP contribution in [0.25, 0.3) is 0 Å². The first-order chi connectivity index (χ1) is 14.6. The van der Waals surface area contributed by atoms with Crippen LogP contribution >= 0.6 is 0 Å². The molecule has 1 fully saturated rings. The highest BCUT2D eigenvalue weighted by molar-refractivity contribution is 5.94. The zero-order valence-corrected chi connectivity index (χ0v) is 18.2. The standard InChI is InChI=1S/C19H35N7O5/c1-3-11(2)15(25-14(27)10-20)17(29)26-9-5-7-13(26)16(28)24-12(18(30)31)6-4-8-23-19(21)22/h11-13,15H,3-10,20H2,1-2H3,(H,24,28)(H,25,27)(H,30,31)(H4,21,22,23). The molecule has 9 N–H and O–H groups in total. The van der Waals surface area contributed by atoms with Gasteiger partial charge in [0.1, 0.15) is 18.1 Å². The first-order valence-corrected chi connectivity index (χ1v) is 10.5. The van der Waals surface area contributed by atoms with E-state index in [9.17, 15) is 24.3 Å². The lowest BCUT2D eigenvalue weighted by molar-refractivity contribution is -0.145. The number of guanidine groups is 1. The monoisotopic (exact) mass is 441 g/mol. The van der Waals surface area contributed by atoms with Crippen molar-refractivity contribution < 1.29 is 24.3 Å². The molecule has 0 aromatic carbocycles. The molecular weight excluding hydrogens is 406 g/mol. The average molecular weight is 442 g/mol. The third kappa shape index (κ3) is 8.04. The molecule has 0 saturated carbocycles. The Balaban J connectivity index is 2.85. The number of carboxylic acids is 1. The van der Waals surface area contributed by atoms with Crippen molar-refractivity contribution >= 4 is 29.7 Å². The lowest BCUT2D eigenvalue weighted by atomic mass is 9.97. The van der Waals surface area contributed by atoms with Crippen LogP contribution in [-0.4, -0.2) is 77.4 Å². The molecule has 1 heterocycles. The summed E-state index contributed by atoms with van der Waals surface area (Å²) in [5.41, 5.74) is 15.8. The molecule has 0 bridgehead atoms. The van der Waals surface area contributed by atoms with Gasteiger partial charge in [0.15, 0.2) is 5.96 Å². The smallest absolute Gasteiger partial charge is 0.326 e. The minimum atomic E-state index is -1.18. The Morgan fingerprint density at radius 2 is 1.90 bits per heavy atom. The number of carboxylic acid groups (broad SMARTS) is 1. The second kappa shape index (κ2) is 12.7. The van der Waals surface area contributed by atoms with Crippen LogP contribution in [0.3, 0.4) is 0 Å². The van der Waals surface area contributed by atoms with Gasteiger partial charge in [-0.05, 0) is 31.6 Å². The van der Waals surface area contributed by atoms with Crippen LogP contribution in [0.4, 0.5) is 0 Å². The quantitative estimate of drug-likeness (QED) is 0.114. The zero-order chi connectivity index (χ0) is 23.6. The van der Waals surface area contributed by atoms with Crippen molar-refractivity contribution in [1.82, 2.24) is 15.5 Å². The molecular formula is C19H35N7O5. The van der Waals surface area contributed by atoms with Crippen molar-refractivity contribution in [2.75, 3.05) is 19.6 Å². The summed E-state index contributed by atoms with van der Waals surface area (Å²) < 4.78 is 0. The fraction of sp³-hybridized carbons (Fsp3) is 0.737. The summed E-state index contributed by atoms with van der Waals surface area (Å²) in [6.45, 7) is 4.08. The van der Waals surface area contributed by atoms with E-state index >= 15 is 0 Å². The van der Waals surface area contributed by atoms with Gasteiger partial charge in [0, 0.05) is 13.1 Å². The maximum atomic E-state index is 13.1. The van der Waals surface area contributed by atoms with Gasteiger partial charge in [-0.15, -0.1) is 0 Å². The van der Waals surface area contributed by atoms with Gasteiger partial charge >= 0.3 is 5.97 Å². The highest BCUT2D eigenvalue weighted by Crippen LogP contribution is 2.21. The third-order valence-corrected chi connectivity index (χ3v) is 5.38. The van der Waals surface area contributed by atoms with Crippen LogP contribution in [0.1, 0.15) is 46.0 Å². The van der Waals surface area contributed by atoms with Crippen molar-refractivity contribution in [3.05, 3.63) is 0 Å². The number of hydrogen-bond acceptors (Lipinski definition) is 6. The van der Waals surface area contributed by atoms with E-state index in [4.69, 9.17) is 17.2 Å². The average Bonchev–Trinajstić information content (AvgIpc) is 3.22.